The Bertz CT molecular complexity index is 1270. The van der Waals surface area contributed by atoms with E-state index in [1.165, 1.54) is 30.7 Å². The molecule has 1 aliphatic carbocycles. The van der Waals surface area contributed by atoms with E-state index in [1.807, 2.05) is 25.3 Å². The summed E-state index contributed by atoms with van der Waals surface area (Å²) in [6, 6.07) is 12.5. The zero-order chi connectivity index (χ0) is 28.0. The predicted molar refractivity (Wildman–Crippen MR) is 139 cm³/mol. The van der Waals surface area contributed by atoms with Crippen molar-refractivity contribution in [3.8, 4) is 11.4 Å². The fourth-order valence-corrected chi connectivity index (χ4v) is 4.91. The number of carboxylic acids is 1. The van der Waals surface area contributed by atoms with Crippen molar-refractivity contribution < 1.29 is 32.6 Å². The van der Waals surface area contributed by atoms with Gasteiger partial charge in [-0.25, -0.2) is 4.68 Å². The molecule has 1 fully saturated rings. The Kier molecular flexibility index (Phi) is 8.78. The van der Waals surface area contributed by atoms with Gasteiger partial charge in [0.15, 0.2) is 0 Å². The summed E-state index contributed by atoms with van der Waals surface area (Å²) in [4.78, 5) is 23.0. The van der Waals surface area contributed by atoms with Gasteiger partial charge in [0.1, 0.15) is 5.75 Å². The van der Waals surface area contributed by atoms with Crippen molar-refractivity contribution in [2.75, 3.05) is 11.9 Å². The molecule has 0 bridgehead atoms. The minimum absolute atomic E-state index is 0.0536. The second kappa shape index (κ2) is 12.2. The fourth-order valence-electron chi connectivity index (χ4n) is 4.91. The topological polar surface area (TPSA) is 105 Å². The van der Waals surface area contributed by atoms with E-state index in [1.54, 1.807) is 16.8 Å². The second-order valence-corrected chi connectivity index (χ2v) is 9.65. The van der Waals surface area contributed by atoms with E-state index in [2.05, 4.69) is 20.5 Å². The number of aromatic nitrogens is 2. The number of ether oxygens (including phenoxy) is 1. The maximum absolute atomic E-state index is 12.5. The van der Waals surface area contributed by atoms with E-state index < -0.39 is 12.3 Å². The molecule has 1 amide bonds. The summed E-state index contributed by atoms with van der Waals surface area (Å²) in [5.74, 6) is -1.25. The molecule has 0 saturated heterocycles. The minimum Gasteiger partial charge on any atom is -0.481 e. The van der Waals surface area contributed by atoms with Gasteiger partial charge >= 0.3 is 12.3 Å². The lowest BCUT2D eigenvalue weighted by atomic mass is 9.81. The molecule has 1 unspecified atom stereocenters. The molecule has 0 radical (unpaired) electrons. The van der Waals surface area contributed by atoms with E-state index in [0.29, 0.717) is 17.2 Å². The number of halogens is 3. The highest BCUT2D eigenvalue weighted by Gasteiger charge is 2.31. The van der Waals surface area contributed by atoms with Crippen LogP contribution in [0, 0.1) is 12.8 Å². The number of nitrogens with one attached hydrogen (secondary N) is 2. The van der Waals surface area contributed by atoms with Gasteiger partial charge in [-0.1, -0.05) is 19.3 Å². The lowest BCUT2D eigenvalue weighted by Gasteiger charge is -2.31. The van der Waals surface area contributed by atoms with Crippen LogP contribution in [0.25, 0.3) is 5.69 Å². The molecule has 3 aromatic rings. The predicted octanol–water partition coefficient (Wildman–Crippen LogP) is 6.02. The number of amides is 1. The quantitative estimate of drug-likeness (QED) is 0.288. The summed E-state index contributed by atoms with van der Waals surface area (Å²) in [6.07, 6.45) is 2.57. The van der Waals surface area contributed by atoms with Gasteiger partial charge < -0.3 is 20.5 Å². The van der Waals surface area contributed by atoms with Crippen molar-refractivity contribution in [3.05, 3.63) is 71.5 Å². The molecule has 208 valence electrons. The average Bonchev–Trinajstić information content (AvgIpc) is 3.28. The molecule has 1 aliphatic rings. The van der Waals surface area contributed by atoms with Crippen LogP contribution in [-0.2, 0) is 4.79 Å². The Morgan fingerprint density at radius 2 is 1.74 bits per heavy atom. The van der Waals surface area contributed by atoms with Crippen molar-refractivity contribution in [2.24, 2.45) is 5.92 Å². The van der Waals surface area contributed by atoms with Gasteiger partial charge in [-0.3, -0.25) is 9.59 Å². The maximum atomic E-state index is 12.5. The van der Waals surface area contributed by atoms with Crippen LogP contribution in [0.15, 0.2) is 54.7 Å². The van der Waals surface area contributed by atoms with Crippen molar-refractivity contribution in [1.82, 2.24) is 15.1 Å². The zero-order valence-electron chi connectivity index (χ0n) is 21.5. The number of rotatable bonds is 10. The van der Waals surface area contributed by atoms with Gasteiger partial charge in [0.05, 0.1) is 23.8 Å². The van der Waals surface area contributed by atoms with Gasteiger partial charge in [0.2, 0.25) is 0 Å². The molecular formula is C28H31F3N4O4. The third kappa shape index (κ3) is 7.75. The molecule has 39 heavy (non-hydrogen) atoms. The molecule has 0 aliphatic heterocycles. The molecule has 1 atom stereocenters. The molecular weight excluding hydrogens is 513 g/mol. The largest absolute Gasteiger partial charge is 0.573 e. The Balaban J connectivity index is 1.53. The third-order valence-electron chi connectivity index (χ3n) is 6.82. The summed E-state index contributed by atoms with van der Waals surface area (Å²) >= 11 is 0. The van der Waals surface area contributed by atoms with Crippen LogP contribution in [0.1, 0.15) is 66.2 Å². The number of aryl methyl sites for hydroxylation is 1. The van der Waals surface area contributed by atoms with Crippen LogP contribution in [-0.4, -0.2) is 39.7 Å². The summed E-state index contributed by atoms with van der Waals surface area (Å²) in [7, 11) is 0. The van der Waals surface area contributed by atoms with Crippen molar-refractivity contribution in [1.29, 1.82) is 0 Å². The van der Waals surface area contributed by atoms with E-state index in [-0.39, 0.29) is 30.7 Å². The molecule has 4 rings (SSSR count). The molecule has 1 saturated carbocycles. The van der Waals surface area contributed by atoms with Crippen molar-refractivity contribution in [3.63, 3.8) is 0 Å². The highest BCUT2D eigenvalue weighted by molar-refractivity contribution is 5.94. The van der Waals surface area contributed by atoms with Crippen LogP contribution in [0.2, 0.25) is 0 Å². The van der Waals surface area contributed by atoms with E-state index in [9.17, 15) is 22.8 Å². The van der Waals surface area contributed by atoms with Crippen LogP contribution in [0.5, 0.6) is 5.75 Å². The number of carbonyl (C=O) groups excluding carboxylic acids is 1. The first-order valence-corrected chi connectivity index (χ1v) is 12.9. The summed E-state index contributed by atoms with van der Waals surface area (Å²) in [5, 5.41) is 19.6. The number of carbonyl (C=O) groups is 2. The smallest absolute Gasteiger partial charge is 0.481 e. The number of hydrogen-bond acceptors (Lipinski definition) is 5. The normalized spacial score (nSPS) is 15.0. The van der Waals surface area contributed by atoms with Crippen molar-refractivity contribution in [2.45, 2.75) is 57.9 Å². The number of carboxylic acid groups (broad SMARTS) is 1. The van der Waals surface area contributed by atoms with Crippen LogP contribution >= 0.6 is 0 Å². The molecule has 3 N–H and O–H groups in total. The van der Waals surface area contributed by atoms with Crippen molar-refractivity contribution >= 4 is 17.6 Å². The first kappa shape index (κ1) is 28.0. The van der Waals surface area contributed by atoms with E-state index >= 15 is 0 Å². The average molecular weight is 545 g/mol. The van der Waals surface area contributed by atoms with Crippen LogP contribution in [0.4, 0.5) is 18.9 Å². The standard InChI is InChI=1S/C28H31F3N4O4/c1-18-24(17-35(34-18)22-11-13-23(14-12-22)39-28(29,30)31)26(19-5-3-2-4-6-19)33-21-9-7-20(8-10-21)27(38)32-16-15-25(36)37/h7-14,17,19,26,33H,2-6,15-16H2,1H3,(H,32,38)(H,36,37). The molecule has 1 heterocycles. The van der Waals surface area contributed by atoms with Crippen LogP contribution in [0.3, 0.4) is 0 Å². The molecule has 2 aromatic carbocycles. The maximum Gasteiger partial charge on any atom is 0.573 e. The lowest BCUT2D eigenvalue weighted by molar-refractivity contribution is -0.274. The van der Waals surface area contributed by atoms with Gasteiger partial charge in [-0.05, 0) is 74.2 Å². The second-order valence-electron chi connectivity index (χ2n) is 9.65. The summed E-state index contributed by atoms with van der Waals surface area (Å²) in [6.45, 7) is 1.97. The molecule has 11 heteroatoms. The van der Waals surface area contributed by atoms with Gasteiger partial charge in [-0.2, -0.15) is 5.10 Å². The Morgan fingerprint density at radius 1 is 1.08 bits per heavy atom. The number of anilines is 1. The SMILES string of the molecule is Cc1nn(-c2ccc(OC(F)(F)F)cc2)cc1C(Nc1ccc(C(=O)NCCC(=O)O)cc1)C1CCCCC1. The van der Waals surface area contributed by atoms with Gasteiger partial charge in [-0.15, -0.1) is 13.2 Å². The summed E-state index contributed by atoms with van der Waals surface area (Å²) in [5.41, 5.74) is 3.67. The fraction of sp³-hybridized carbons (Fsp3) is 0.393. The van der Waals surface area contributed by atoms with E-state index in [4.69, 9.17) is 5.11 Å². The Hall–Kier alpha value is -4.02. The molecule has 8 nitrogen and oxygen atoms in total. The lowest BCUT2D eigenvalue weighted by Crippen LogP contribution is -2.26. The Morgan fingerprint density at radius 3 is 2.36 bits per heavy atom. The number of alkyl halides is 3. The summed E-state index contributed by atoms with van der Waals surface area (Å²) < 4.78 is 43.2. The monoisotopic (exact) mass is 544 g/mol. The number of hydrogen-bond donors (Lipinski definition) is 3. The number of nitrogens with zero attached hydrogens (tertiary/aromatic N) is 2. The first-order valence-electron chi connectivity index (χ1n) is 12.9. The van der Waals surface area contributed by atoms with E-state index in [0.717, 1.165) is 42.6 Å². The van der Waals surface area contributed by atoms with Crippen LogP contribution < -0.4 is 15.4 Å². The Labute approximate surface area is 224 Å². The highest BCUT2D eigenvalue weighted by atomic mass is 19.4. The highest BCUT2D eigenvalue weighted by Crippen LogP contribution is 2.38. The zero-order valence-corrected chi connectivity index (χ0v) is 21.5. The molecule has 1 aromatic heterocycles. The molecule has 0 spiro atoms. The van der Waals surface area contributed by atoms with Gasteiger partial charge in [0, 0.05) is 29.6 Å². The van der Waals surface area contributed by atoms with Gasteiger partial charge in [0.25, 0.3) is 5.91 Å². The first-order chi connectivity index (χ1) is 18.6. The third-order valence-corrected chi connectivity index (χ3v) is 6.82. The number of aliphatic carboxylic acids is 1. The number of benzene rings is 2. The minimum atomic E-state index is -4.75.